The van der Waals surface area contributed by atoms with Gasteiger partial charge in [-0.2, -0.15) is 0 Å². The summed E-state index contributed by atoms with van der Waals surface area (Å²) in [5.74, 6) is 0.909. The Bertz CT molecular complexity index is 809. The number of ether oxygens (including phenoxy) is 1. The van der Waals surface area contributed by atoms with Crippen molar-refractivity contribution >= 4 is 29.1 Å². The van der Waals surface area contributed by atoms with Crippen LogP contribution in [0.2, 0.25) is 5.02 Å². The molecule has 6 nitrogen and oxygen atoms in total. The van der Waals surface area contributed by atoms with Crippen molar-refractivity contribution in [3.05, 3.63) is 53.6 Å². The molecule has 2 N–H and O–H groups in total. The summed E-state index contributed by atoms with van der Waals surface area (Å²) in [5, 5.41) is 6.45. The lowest BCUT2D eigenvalue weighted by Crippen LogP contribution is -2.41. The number of rotatable bonds is 8. The minimum Gasteiger partial charge on any atom is -0.455 e. The molecule has 0 unspecified atom stereocenters. The maximum atomic E-state index is 12.3. The van der Waals surface area contributed by atoms with E-state index < -0.39 is 0 Å². The van der Waals surface area contributed by atoms with Gasteiger partial charge in [-0.1, -0.05) is 29.8 Å². The number of amides is 2. The van der Waals surface area contributed by atoms with E-state index in [2.05, 4.69) is 10.6 Å². The summed E-state index contributed by atoms with van der Waals surface area (Å²) >= 11 is 6.08. The standard InChI is InChI=1S/C20H22ClN3O3/c1-24(13-19(25)23-15-8-9-15)20(26)12-22-17-11-14(21)7-10-18(17)27-16-5-3-2-4-6-16/h2-7,10-11,15,22H,8-9,12-13H2,1H3,(H,23,25). The summed E-state index contributed by atoms with van der Waals surface area (Å²) in [5.41, 5.74) is 0.607. The fourth-order valence-corrected chi connectivity index (χ4v) is 2.63. The van der Waals surface area contributed by atoms with Crippen molar-refractivity contribution in [2.75, 3.05) is 25.5 Å². The highest BCUT2D eigenvalue weighted by Crippen LogP contribution is 2.31. The second-order valence-electron chi connectivity index (χ2n) is 6.50. The van der Waals surface area contributed by atoms with Crippen molar-refractivity contribution < 1.29 is 14.3 Å². The van der Waals surface area contributed by atoms with E-state index in [9.17, 15) is 9.59 Å². The van der Waals surface area contributed by atoms with Gasteiger partial charge in [-0.25, -0.2) is 0 Å². The third-order valence-electron chi connectivity index (χ3n) is 4.09. The van der Waals surface area contributed by atoms with E-state index in [0.717, 1.165) is 12.8 Å². The monoisotopic (exact) mass is 387 g/mol. The minimum absolute atomic E-state index is 0.0265. The molecule has 1 aliphatic rings. The van der Waals surface area contributed by atoms with Crippen molar-refractivity contribution in [3.8, 4) is 11.5 Å². The molecular formula is C20H22ClN3O3. The average molecular weight is 388 g/mol. The van der Waals surface area contributed by atoms with E-state index >= 15 is 0 Å². The van der Waals surface area contributed by atoms with Crippen molar-refractivity contribution in [2.24, 2.45) is 0 Å². The number of benzene rings is 2. The lowest BCUT2D eigenvalue weighted by Gasteiger charge is -2.18. The summed E-state index contributed by atoms with van der Waals surface area (Å²) in [6, 6.07) is 14.8. The van der Waals surface area contributed by atoms with Crippen molar-refractivity contribution in [2.45, 2.75) is 18.9 Å². The van der Waals surface area contributed by atoms with Crippen LogP contribution in [0.5, 0.6) is 11.5 Å². The highest BCUT2D eigenvalue weighted by molar-refractivity contribution is 6.30. The second-order valence-corrected chi connectivity index (χ2v) is 6.94. The van der Waals surface area contributed by atoms with Crippen molar-refractivity contribution in [1.29, 1.82) is 0 Å². The van der Waals surface area contributed by atoms with Crippen LogP contribution in [0.4, 0.5) is 5.69 Å². The van der Waals surface area contributed by atoms with Crippen LogP contribution in [0, 0.1) is 0 Å². The number of nitrogens with zero attached hydrogens (tertiary/aromatic N) is 1. The van der Waals surface area contributed by atoms with Crippen LogP contribution in [0.3, 0.4) is 0 Å². The molecule has 2 aromatic rings. The number of likely N-dealkylation sites (N-methyl/N-ethyl adjacent to an activating group) is 1. The van der Waals surface area contributed by atoms with Gasteiger partial charge in [-0.05, 0) is 43.2 Å². The van der Waals surface area contributed by atoms with Gasteiger partial charge >= 0.3 is 0 Å². The van der Waals surface area contributed by atoms with Crippen molar-refractivity contribution in [1.82, 2.24) is 10.2 Å². The zero-order chi connectivity index (χ0) is 19.2. The predicted molar refractivity (Wildman–Crippen MR) is 105 cm³/mol. The molecule has 1 saturated carbocycles. The molecule has 142 valence electrons. The molecule has 1 aliphatic carbocycles. The van der Waals surface area contributed by atoms with Crippen LogP contribution in [0.15, 0.2) is 48.5 Å². The number of nitrogens with one attached hydrogen (secondary N) is 2. The van der Waals surface area contributed by atoms with Crippen LogP contribution in [0.25, 0.3) is 0 Å². The van der Waals surface area contributed by atoms with Gasteiger partial charge in [0.25, 0.3) is 0 Å². The number of hydrogen-bond acceptors (Lipinski definition) is 4. The highest BCUT2D eigenvalue weighted by Gasteiger charge is 2.24. The molecule has 0 radical (unpaired) electrons. The normalized spacial score (nSPS) is 13.0. The van der Waals surface area contributed by atoms with Crippen LogP contribution < -0.4 is 15.4 Å². The molecule has 0 heterocycles. The topological polar surface area (TPSA) is 70.7 Å². The molecular weight excluding hydrogens is 366 g/mol. The Hall–Kier alpha value is -2.73. The molecule has 0 bridgehead atoms. The molecule has 3 rings (SSSR count). The first-order valence-corrected chi connectivity index (χ1v) is 9.19. The summed E-state index contributed by atoms with van der Waals surface area (Å²) in [6.45, 7) is 0.0681. The minimum atomic E-state index is -0.202. The molecule has 0 atom stereocenters. The van der Waals surface area contributed by atoms with Gasteiger partial charge in [0.1, 0.15) is 5.75 Å². The lowest BCUT2D eigenvalue weighted by atomic mass is 10.2. The predicted octanol–water partition coefficient (Wildman–Crippen LogP) is 3.28. The Morgan fingerprint density at radius 3 is 2.63 bits per heavy atom. The Labute approximate surface area is 163 Å². The molecule has 0 aliphatic heterocycles. The van der Waals surface area contributed by atoms with Crippen LogP contribution in [0.1, 0.15) is 12.8 Å². The molecule has 27 heavy (non-hydrogen) atoms. The van der Waals surface area contributed by atoms with Gasteiger partial charge < -0.3 is 20.3 Å². The van der Waals surface area contributed by atoms with E-state index in [-0.39, 0.29) is 30.9 Å². The molecule has 0 aromatic heterocycles. The third-order valence-corrected chi connectivity index (χ3v) is 4.33. The lowest BCUT2D eigenvalue weighted by molar-refractivity contribution is -0.133. The van der Waals surface area contributed by atoms with E-state index in [1.807, 2.05) is 30.3 Å². The number of anilines is 1. The fourth-order valence-electron chi connectivity index (χ4n) is 2.46. The second kappa shape index (κ2) is 8.77. The smallest absolute Gasteiger partial charge is 0.242 e. The van der Waals surface area contributed by atoms with Crippen LogP contribution >= 0.6 is 11.6 Å². The molecule has 0 spiro atoms. The first-order valence-electron chi connectivity index (χ1n) is 8.81. The number of halogens is 1. The first-order chi connectivity index (χ1) is 13.0. The van der Waals surface area contributed by atoms with Gasteiger partial charge in [0.2, 0.25) is 11.8 Å². The molecule has 0 saturated heterocycles. The van der Waals surface area contributed by atoms with Gasteiger partial charge in [-0.15, -0.1) is 0 Å². The third kappa shape index (κ3) is 5.89. The van der Waals surface area contributed by atoms with Gasteiger partial charge in [0, 0.05) is 18.1 Å². The first kappa shape index (κ1) is 19.0. The van der Waals surface area contributed by atoms with Gasteiger partial charge in [0.15, 0.2) is 5.75 Å². The summed E-state index contributed by atoms with van der Waals surface area (Å²) in [6.07, 6.45) is 2.04. The molecule has 7 heteroatoms. The Kier molecular flexibility index (Phi) is 6.19. The summed E-state index contributed by atoms with van der Waals surface area (Å²) in [7, 11) is 1.61. The molecule has 2 aromatic carbocycles. The zero-order valence-corrected chi connectivity index (χ0v) is 15.8. The maximum absolute atomic E-state index is 12.3. The number of hydrogen-bond donors (Lipinski definition) is 2. The Morgan fingerprint density at radius 1 is 1.19 bits per heavy atom. The maximum Gasteiger partial charge on any atom is 0.242 e. The number of para-hydroxylation sites is 1. The largest absolute Gasteiger partial charge is 0.455 e. The summed E-state index contributed by atoms with van der Waals surface area (Å²) in [4.78, 5) is 25.5. The van der Waals surface area contributed by atoms with Crippen LogP contribution in [-0.2, 0) is 9.59 Å². The molecule has 2 amide bonds. The van der Waals surface area contributed by atoms with Crippen LogP contribution in [-0.4, -0.2) is 42.9 Å². The Balaban J connectivity index is 1.58. The van der Waals surface area contributed by atoms with Crippen molar-refractivity contribution in [3.63, 3.8) is 0 Å². The zero-order valence-electron chi connectivity index (χ0n) is 15.1. The molecule has 1 fully saturated rings. The van der Waals surface area contributed by atoms with E-state index in [1.54, 1.807) is 25.2 Å². The van der Waals surface area contributed by atoms with E-state index in [1.165, 1.54) is 4.90 Å². The quantitative estimate of drug-likeness (QED) is 0.729. The van der Waals surface area contributed by atoms with E-state index in [0.29, 0.717) is 22.2 Å². The summed E-state index contributed by atoms with van der Waals surface area (Å²) < 4.78 is 5.86. The fraction of sp³-hybridized carbons (Fsp3) is 0.300. The number of carbonyl (C=O) groups excluding carboxylic acids is 2. The van der Waals surface area contributed by atoms with Gasteiger partial charge in [-0.3, -0.25) is 9.59 Å². The number of carbonyl (C=O) groups is 2. The Morgan fingerprint density at radius 2 is 1.93 bits per heavy atom. The average Bonchev–Trinajstić information content (AvgIpc) is 3.46. The highest BCUT2D eigenvalue weighted by atomic mass is 35.5. The van der Waals surface area contributed by atoms with E-state index in [4.69, 9.17) is 16.3 Å². The van der Waals surface area contributed by atoms with Gasteiger partial charge in [0.05, 0.1) is 18.8 Å². The SMILES string of the molecule is CN(CC(=O)NC1CC1)C(=O)CNc1cc(Cl)ccc1Oc1ccccc1.